The van der Waals surface area contributed by atoms with Gasteiger partial charge in [0.2, 0.25) is 5.91 Å². The molecule has 1 unspecified atom stereocenters. The summed E-state index contributed by atoms with van der Waals surface area (Å²) in [4.78, 5) is 30.4. The van der Waals surface area contributed by atoms with E-state index in [1.54, 1.807) is 4.57 Å². The molecule has 2 aliphatic rings. The Morgan fingerprint density at radius 3 is 2.62 bits per heavy atom. The average molecular weight is 503 g/mol. The van der Waals surface area contributed by atoms with Gasteiger partial charge in [0.15, 0.2) is 0 Å². The maximum Gasteiger partial charge on any atom is 0.251 e. The van der Waals surface area contributed by atoms with Gasteiger partial charge in [-0.25, -0.2) is 0 Å². The van der Waals surface area contributed by atoms with Crippen LogP contribution >= 0.6 is 15.9 Å². The zero-order valence-corrected chi connectivity index (χ0v) is 20.6. The quantitative estimate of drug-likeness (QED) is 0.655. The monoisotopic (exact) mass is 502 g/mol. The van der Waals surface area contributed by atoms with Crippen molar-refractivity contribution in [1.82, 2.24) is 14.4 Å². The Morgan fingerprint density at radius 1 is 1.31 bits per heavy atom. The summed E-state index contributed by atoms with van der Waals surface area (Å²) in [6, 6.07) is 5.02. The van der Waals surface area contributed by atoms with E-state index < -0.39 is 12.1 Å². The second kappa shape index (κ2) is 8.74. The number of carbonyl (C=O) groups excluding carboxylic acids is 2. The fourth-order valence-corrected chi connectivity index (χ4v) is 5.81. The van der Waals surface area contributed by atoms with E-state index in [-0.39, 0.29) is 23.8 Å². The van der Waals surface area contributed by atoms with Crippen molar-refractivity contribution in [2.45, 2.75) is 45.4 Å². The molecule has 0 saturated carbocycles. The number of hydrogen-bond donors (Lipinski definition) is 2. The van der Waals surface area contributed by atoms with Gasteiger partial charge >= 0.3 is 0 Å². The molecule has 172 valence electrons. The molecule has 0 spiro atoms. The lowest BCUT2D eigenvalue weighted by atomic mass is 9.79. The maximum atomic E-state index is 13.1. The van der Waals surface area contributed by atoms with Gasteiger partial charge in [0.1, 0.15) is 6.04 Å². The van der Waals surface area contributed by atoms with Gasteiger partial charge in [-0.1, -0.05) is 18.2 Å². The van der Waals surface area contributed by atoms with Crippen molar-refractivity contribution in [2.24, 2.45) is 11.7 Å². The van der Waals surface area contributed by atoms with E-state index in [1.165, 1.54) is 6.92 Å². The third-order valence-electron chi connectivity index (χ3n) is 6.91. The molecule has 0 bridgehead atoms. The number of aromatic nitrogens is 1. The number of nitrogens with two attached hydrogens (primary N) is 1. The summed E-state index contributed by atoms with van der Waals surface area (Å²) in [5.41, 5.74) is 10.0. The molecule has 7 nitrogen and oxygen atoms in total. The van der Waals surface area contributed by atoms with Gasteiger partial charge in [-0.3, -0.25) is 19.1 Å². The highest BCUT2D eigenvalue weighted by atomic mass is 79.9. The first-order valence-electron chi connectivity index (χ1n) is 11.2. The summed E-state index contributed by atoms with van der Waals surface area (Å²) in [5, 5.41) is 10.9. The van der Waals surface area contributed by atoms with Crippen LogP contribution in [0.3, 0.4) is 0 Å². The Hall–Kier alpha value is -2.00. The molecule has 8 heteroatoms. The summed E-state index contributed by atoms with van der Waals surface area (Å²) in [6.07, 6.45) is 1.91. The molecular weight excluding hydrogens is 472 g/mol. The lowest BCUT2D eigenvalue weighted by Crippen LogP contribution is -2.47. The van der Waals surface area contributed by atoms with Crippen LogP contribution in [-0.2, 0) is 11.2 Å². The van der Waals surface area contributed by atoms with Crippen molar-refractivity contribution in [3.8, 4) is 0 Å². The van der Waals surface area contributed by atoms with Crippen LogP contribution in [0.25, 0.3) is 16.5 Å². The standard InChI is InChI=1S/C24H31BrN4O3/c1-5-28(6-2)23(31)14-10-16-15-8-7-9-18-20(15)17(11-19(16)27(4)12-14)22(25)29(18)24(32)21(26)13(3)30/h7-10,13-14,19,21,30H,5-6,11-12,26H2,1-4H3/t13?,14-,19-,21+/m1/s1. The Morgan fingerprint density at radius 2 is 2.00 bits per heavy atom. The van der Waals surface area contributed by atoms with Crippen molar-refractivity contribution in [1.29, 1.82) is 0 Å². The third-order valence-corrected chi connectivity index (χ3v) is 7.75. The predicted molar refractivity (Wildman–Crippen MR) is 129 cm³/mol. The molecule has 1 aromatic heterocycles. The largest absolute Gasteiger partial charge is 0.391 e. The number of carbonyl (C=O) groups is 2. The highest BCUT2D eigenvalue weighted by Gasteiger charge is 2.39. The first-order chi connectivity index (χ1) is 15.2. The minimum absolute atomic E-state index is 0.126. The number of amides is 1. The van der Waals surface area contributed by atoms with E-state index in [0.29, 0.717) is 24.2 Å². The number of halogens is 1. The Balaban J connectivity index is 1.86. The summed E-state index contributed by atoms with van der Waals surface area (Å²) in [5.74, 6) is -0.386. The Kier molecular flexibility index (Phi) is 6.33. The fourth-order valence-electron chi connectivity index (χ4n) is 5.09. The van der Waals surface area contributed by atoms with Gasteiger partial charge in [0, 0.05) is 31.1 Å². The second-order valence-electron chi connectivity index (χ2n) is 8.81. The zero-order valence-electron chi connectivity index (χ0n) is 19.0. The number of fused-ring (bicyclic) bond motifs is 2. The van der Waals surface area contributed by atoms with Gasteiger partial charge in [0.05, 0.1) is 22.1 Å². The van der Waals surface area contributed by atoms with Crippen LogP contribution in [0.15, 0.2) is 28.9 Å². The van der Waals surface area contributed by atoms with E-state index >= 15 is 0 Å². The smallest absolute Gasteiger partial charge is 0.251 e. The molecule has 2 heterocycles. The first kappa shape index (κ1) is 23.2. The Bertz CT molecular complexity index is 1100. The highest BCUT2D eigenvalue weighted by Crippen LogP contribution is 2.45. The van der Waals surface area contributed by atoms with Crippen LogP contribution in [0.2, 0.25) is 0 Å². The van der Waals surface area contributed by atoms with E-state index in [9.17, 15) is 14.7 Å². The topological polar surface area (TPSA) is 91.8 Å². The number of benzene rings is 1. The first-order valence-corrected chi connectivity index (χ1v) is 12.0. The number of aliphatic hydroxyl groups is 1. The van der Waals surface area contributed by atoms with E-state index in [4.69, 9.17) is 5.73 Å². The molecule has 32 heavy (non-hydrogen) atoms. The van der Waals surface area contributed by atoms with Crippen LogP contribution in [0.1, 0.15) is 36.7 Å². The zero-order chi connectivity index (χ0) is 23.3. The molecular formula is C24H31BrN4O3. The molecule has 1 amide bonds. The lowest BCUT2D eigenvalue weighted by Gasteiger charge is -2.40. The van der Waals surface area contributed by atoms with Crippen LogP contribution in [-0.4, -0.2) is 76.2 Å². The molecule has 1 aliphatic heterocycles. The van der Waals surface area contributed by atoms with Crippen LogP contribution in [0, 0.1) is 5.92 Å². The predicted octanol–water partition coefficient (Wildman–Crippen LogP) is 2.49. The molecule has 2 aromatic rings. The van der Waals surface area contributed by atoms with Gasteiger partial charge in [0.25, 0.3) is 5.91 Å². The molecule has 4 atom stereocenters. The van der Waals surface area contributed by atoms with Crippen LogP contribution < -0.4 is 5.73 Å². The van der Waals surface area contributed by atoms with Gasteiger partial charge in [-0.05, 0) is 72.9 Å². The summed E-state index contributed by atoms with van der Waals surface area (Å²) >= 11 is 3.66. The molecule has 0 radical (unpaired) electrons. The summed E-state index contributed by atoms with van der Waals surface area (Å²) in [6.45, 7) is 7.60. The van der Waals surface area contributed by atoms with Gasteiger partial charge < -0.3 is 15.7 Å². The fraction of sp³-hybridized carbons (Fsp3) is 0.500. The maximum absolute atomic E-state index is 13.1. The number of nitrogens with zero attached hydrogens (tertiary/aromatic N) is 3. The minimum Gasteiger partial charge on any atom is -0.391 e. The van der Waals surface area contributed by atoms with Crippen LogP contribution in [0.4, 0.5) is 0 Å². The number of aliphatic hydroxyl groups excluding tert-OH is 1. The second-order valence-corrected chi connectivity index (χ2v) is 9.56. The normalized spacial score (nSPS) is 22.3. The molecule has 0 fully saturated rings. The molecule has 4 rings (SSSR count). The summed E-state index contributed by atoms with van der Waals surface area (Å²) < 4.78 is 2.27. The van der Waals surface area contributed by atoms with Crippen molar-refractivity contribution < 1.29 is 14.7 Å². The van der Waals surface area contributed by atoms with E-state index in [2.05, 4.69) is 40.0 Å². The van der Waals surface area contributed by atoms with Gasteiger partial charge in [-0.2, -0.15) is 0 Å². The molecule has 1 aromatic carbocycles. The number of rotatable bonds is 5. The van der Waals surface area contributed by atoms with Crippen molar-refractivity contribution in [3.63, 3.8) is 0 Å². The number of likely N-dealkylation sites (N-methyl/N-ethyl adjacent to an activating group) is 1. The summed E-state index contributed by atoms with van der Waals surface area (Å²) in [7, 11) is 2.06. The molecule has 1 aliphatic carbocycles. The van der Waals surface area contributed by atoms with Gasteiger partial charge in [-0.15, -0.1) is 0 Å². The number of hydrogen-bond acceptors (Lipinski definition) is 5. The molecule has 0 saturated heterocycles. The minimum atomic E-state index is -1.01. The van der Waals surface area contributed by atoms with E-state index in [0.717, 1.165) is 34.0 Å². The highest BCUT2D eigenvalue weighted by molar-refractivity contribution is 9.10. The third kappa shape index (κ3) is 3.53. The van der Waals surface area contributed by atoms with Crippen molar-refractivity contribution in [3.05, 3.63) is 40.0 Å². The van der Waals surface area contributed by atoms with Crippen LogP contribution in [0.5, 0.6) is 0 Å². The average Bonchev–Trinajstić information content (AvgIpc) is 3.06. The van der Waals surface area contributed by atoms with Crippen molar-refractivity contribution >= 4 is 44.2 Å². The molecule has 3 N–H and O–H groups in total. The SMILES string of the molecule is CCN(CC)C(=O)[C@@H]1C=C2c3cccc4c3c(c(Br)n4C(=O)[C@@H](N)C(C)O)C[C@H]2N(C)C1. The lowest BCUT2D eigenvalue weighted by molar-refractivity contribution is -0.134. The van der Waals surface area contributed by atoms with Crippen molar-refractivity contribution in [2.75, 3.05) is 26.7 Å². The Labute approximate surface area is 197 Å². The van der Waals surface area contributed by atoms with E-state index in [1.807, 2.05) is 30.9 Å².